The van der Waals surface area contributed by atoms with Gasteiger partial charge in [-0.1, -0.05) is 11.3 Å². The van der Waals surface area contributed by atoms with E-state index in [1.165, 1.54) is 11.3 Å². The van der Waals surface area contributed by atoms with Crippen LogP contribution >= 0.6 is 11.3 Å². The second-order valence-electron chi connectivity index (χ2n) is 5.12. The minimum atomic E-state index is -0.166. The fourth-order valence-corrected chi connectivity index (χ4v) is 3.15. The molecular formula is C14H21N5OS. The minimum Gasteiger partial charge on any atom is -0.382 e. The zero-order valence-corrected chi connectivity index (χ0v) is 12.8. The van der Waals surface area contributed by atoms with E-state index in [1.54, 1.807) is 0 Å². The molecular weight excluding hydrogens is 286 g/mol. The molecule has 21 heavy (non-hydrogen) atoms. The van der Waals surface area contributed by atoms with Gasteiger partial charge in [-0.2, -0.15) is 0 Å². The number of hydrogen-bond donors (Lipinski definition) is 3. The Labute approximate surface area is 128 Å². The molecule has 1 unspecified atom stereocenters. The van der Waals surface area contributed by atoms with Crippen molar-refractivity contribution in [3.63, 3.8) is 0 Å². The summed E-state index contributed by atoms with van der Waals surface area (Å²) in [5.74, 6) is 2.70. The third-order valence-electron chi connectivity index (χ3n) is 3.38. The minimum absolute atomic E-state index is 0.166. The first-order valence-electron chi connectivity index (χ1n) is 7.10. The molecule has 1 aromatic heterocycles. The number of aromatic nitrogens is 1. The molecule has 5 N–H and O–H groups in total. The predicted molar refractivity (Wildman–Crippen MR) is 86.3 cm³/mol. The standard InChI is InChI=1S/C14H21N5OS/c1-2-3-4-5-7-17-13(20)11-12(16)18-14(21-11)19-8-6-10(15)9-19/h1,10H,3-9,15-16H2,(H,17,20). The van der Waals surface area contributed by atoms with E-state index in [4.69, 9.17) is 17.9 Å². The third-order valence-corrected chi connectivity index (χ3v) is 4.51. The quantitative estimate of drug-likeness (QED) is 0.533. The molecule has 7 heteroatoms. The van der Waals surface area contributed by atoms with Gasteiger partial charge >= 0.3 is 0 Å². The molecule has 1 aliphatic heterocycles. The van der Waals surface area contributed by atoms with Crippen LogP contribution in [0.1, 0.15) is 35.4 Å². The highest BCUT2D eigenvalue weighted by Gasteiger charge is 2.24. The molecule has 1 fully saturated rings. The summed E-state index contributed by atoms with van der Waals surface area (Å²) in [6, 6.07) is 0.170. The Balaban J connectivity index is 1.89. The van der Waals surface area contributed by atoms with Crippen molar-refractivity contribution < 1.29 is 4.79 Å². The number of nitrogens with zero attached hydrogens (tertiary/aromatic N) is 2. The van der Waals surface area contributed by atoms with Crippen LogP contribution in [0, 0.1) is 12.3 Å². The van der Waals surface area contributed by atoms with Crippen LogP contribution in [-0.4, -0.2) is 36.6 Å². The summed E-state index contributed by atoms with van der Waals surface area (Å²) in [5, 5.41) is 3.63. The number of nitrogen functional groups attached to an aromatic ring is 1. The van der Waals surface area contributed by atoms with Crippen LogP contribution < -0.4 is 21.7 Å². The van der Waals surface area contributed by atoms with E-state index in [0.717, 1.165) is 43.9 Å². The van der Waals surface area contributed by atoms with Crippen LogP contribution in [0.4, 0.5) is 10.9 Å². The zero-order chi connectivity index (χ0) is 15.2. The maximum Gasteiger partial charge on any atom is 0.265 e. The lowest BCUT2D eigenvalue weighted by molar-refractivity contribution is 0.0958. The highest BCUT2D eigenvalue weighted by atomic mass is 32.1. The van der Waals surface area contributed by atoms with Gasteiger partial charge in [0, 0.05) is 32.1 Å². The third kappa shape index (κ3) is 4.09. The van der Waals surface area contributed by atoms with Gasteiger partial charge in [0.05, 0.1) is 0 Å². The molecule has 2 heterocycles. The summed E-state index contributed by atoms with van der Waals surface area (Å²) >= 11 is 1.33. The monoisotopic (exact) mass is 307 g/mol. The van der Waals surface area contributed by atoms with Gasteiger partial charge < -0.3 is 21.7 Å². The van der Waals surface area contributed by atoms with Gasteiger partial charge in [-0.3, -0.25) is 4.79 Å². The van der Waals surface area contributed by atoms with Gasteiger partial charge in [0.1, 0.15) is 10.7 Å². The van der Waals surface area contributed by atoms with Gasteiger partial charge in [-0.25, -0.2) is 4.98 Å². The zero-order valence-electron chi connectivity index (χ0n) is 12.0. The number of unbranched alkanes of at least 4 members (excludes halogenated alkanes) is 2. The number of hydrogen-bond acceptors (Lipinski definition) is 6. The molecule has 114 valence electrons. The number of nitrogens with two attached hydrogens (primary N) is 2. The fourth-order valence-electron chi connectivity index (χ4n) is 2.21. The molecule has 0 saturated carbocycles. The molecule has 6 nitrogen and oxygen atoms in total. The second-order valence-corrected chi connectivity index (χ2v) is 6.10. The van der Waals surface area contributed by atoms with E-state index in [9.17, 15) is 4.79 Å². The van der Waals surface area contributed by atoms with Crippen molar-refractivity contribution >= 4 is 28.2 Å². The summed E-state index contributed by atoms with van der Waals surface area (Å²) < 4.78 is 0. The van der Waals surface area contributed by atoms with Crippen molar-refractivity contribution in [3.05, 3.63) is 4.88 Å². The Morgan fingerprint density at radius 3 is 3.05 bits per heavy atom. The number of anilines is 2. The highest BCUT2D eigenvalue weighted by Crippen LogP contribution is 2.30. The Morgan fingerprint density at radius 1 is 1.57 bits per heavy atom. The van der Waals surface area contributed by atoms with Crippen molar-refractivity contribution in [1.82, 2.24) is 10.3 Å². The number of carbonyl (C=O) groups excluding carboxylic acids is 1. The van der Waals surface area contributed by atoms with Crippen LogP contribution in [0.15, 0.2) is 0 Å². The Hall–Kier alpha value is -1.78. The molecule has 1 saturated heterocycles. The molecule has 1 aliphatic rings. The van der Waals surface area contributed by atoms with Gasteiger partial charge in [-0.15, -0.1) is 12.3 Å². The average molecular weight is 307 g/mol. The first kappa shape index (κ1) is 15.6. The van der Waals surface area contributed by atoms with Crippen molar-refractivity contribution in [1.29, 1.82) is 0 Å². The summed E-state index contributed by atoms with van der Waals surface area (Å²) in [6.45, 7) is 2.23. The van der Waals surface area contributed by atoms with E-state index < -0.39 is 0 Å². The average Bonchev–Trinajstić information content (AvgIpc) is 3.04. The predicted octanol–water partition coefficient (Wildman–Crippen LogP) is 0.796. The summed E-state index contributed by atoms with van der Waals surface area (Å²) in [4.78, 5) is 18.9. The Morgan fingerprint density at radius 2 is 2.38 bits per heavy atom. The molecule has 0 bridgehead atoms. The summed E-state index contributed by atoms with van der Waals surface area (Å²) in [7, 11) is 0. The van der Waals surface area contributed by atoms with Gasteiger partial charge in [0.25, 0.3) is 5.91 Å². The lowest BCUT2D eigenvalue weighted by atomic mass is 10.2. The molecule has 0 aliphatic carbocycles. The largest absolute Gasteiger partial charge is 0.382 e. The number of amides is 1. The van der Waals surface area contributed by atoms with E-state index in [1.807, 2.05) is 0 Å². The molecule has 1 atom stereocenters. The Kier molecular flexibility index (Phi) is 5.42. The number of nitrogens with one attached hydrogen (secondary N) is 1. The summed E-state index contributed by atoms with van der Waals surface area (Å²) in [5.41, 5.74) is 11.7. The highest BCUT2D eigenvalue weighted by molar-refractivity contribution is 7.18. The smallest absolute Gasteiger partial charge is 0.265 e. The summed E-state index contributed by atoms with van der Waals surface area (Å²) in [6.07, 6.45) is 8.63. The lowest BCUT2D eigenvalue weighted by Crippen LogP contribution is -2.26. The first-order valence-corrected chi connectivity index (χ1v) is 7.92. The van der Waals surface area contributed by atoms with Crippen LogP contribution in [0.2, 0.25) is 0 Å². The number of thiazole rings is 1. The SMILES string of the molecule is C#CCCCCNC(=O)c1sc(N2CCC(N)C2)nc1N. The number of rotatable bonds is 6. The van der Waals surface area contributed by atoms with Crippen LogP contribution in [0.25, 0.3) is 0 Å². The fraction of sp³-hybridized carbons (Fsp3) is 0.571. The number of terminal acetylenes is 1. The first-order chi connectivity index (χ1) is 10.1. The maximum absolute atomic E-state index is 12.1. The normalized spacial score (nSPS) is 17.7. The van der Waals surface area contributed by atoms with E-state index >= 15 is 0 Å². The number of carbonyl (C=O) groups is 1. The molecule has 0 radical (unpaired) electrons. The van der Waals surface area contributed by atoms with Crippen LogP contribution in [0.5, 0.6) is 0 Å². The van der Waals surface area contributed by atoms with E-state index in [0.29, 0.717) is 11.4 Å². The lowest BCUT2D eigenvalue weighted by Gasteiger charge is -2.12. The van der Waals surface area contributed by atoms with Crippen LogP contribution in [-0.2, 0) is 0 Å². The van der Waals surface area contributed by atoms with Crippen molar-refractivity contribution in [3.8, 4) is 12.3 Å². The van der Waals surface area contributed by atoms with E-state index in [2.05, 4.69) is 21.1 Å². The molecule has 1 aromatic rings. The maximum atomic E-state index is 12.1. The van der Waals surface area contributed by atoms with Gasteiger partial charge in [-0.05, 0) is 19.3 Å². The van der Waals surface area contributed by atoms with E-state index in [-0.39, 0.29) is 17.8 Å². The molecule has 1 amide bonds. The molecule has 2 rings (SSSR count). The topological polar surface area (TPSA) is 97.3 Å². The second kappa shape index (κ2) is 7.29. The van der Waals surface area contributed by atoms with Crippen molar-refractivity contribution in [2.24, 2.45) is 5.73 Å². The van der Waals surface area contributed by atoms with Crippen molar-refractivity contribution in [2.75, 3.05) is 30.3 Å². The Bertz CT molecular complexity index is 536. The molecule has 0 spiro atoms. The van der Waals surface area contributed by atoms with Gasteiger partial charge in [0.15, 0.2) is 5.13 Å². The van der Waals surface area contributed by atoms with Gasteiger partial charge in [0.2, 0.25) is 0 Å². The van der Waals surface area contributed by atoms with Crippen molar-refractivity contribution in [2.45, 2.75) is 31.7 Å². The molecule has 0 aromatic carbocycles. The van der Waals surface area contributed by atoms with Crippen LogP contribution in [0.3, 0.4) is 0 Å².